The van der Waals surface area contributed by atoms with E-state index < -0.39 is 39.8 Å². The molecular formula is C13H16F2N2O3S. The Morgan fingerprint density at radius 1 is 1.24 bits per heavy atom. The van der Waals surface area contributed by atoms with E-state index in [1.807, 2.05) is 0 Å². The summed E-state index contributed by atoms with van der Waals surface area (Å²) in [5.41, 5.74) is -0.715. The lowest BCUT2D eigenvalue weighted by Crippen LogP contribution is -2.42. The highest BCUT2D eigenvalue weighted by Gasteiger charge is 2.29. The van der Waals surface area contributed by atoms with Crippen LogP contribution >= 0.6 is 0 Å². The summed E-state index contributed by atoms with van der Waals surface area (Å²) in [6.45, 7) is 0.475. The first-order valence-corrected chi connectivity index (χ1v) is 8.35. The fourth-order valence-electron chi connectivity index (χ4n) is 2.28. The van der Waals surface area contributed by atoms with Crippen molar-refractivity contribution < 1.29 is 22.0 Å². The van der Waals surface area contributed by atoms with E-state index in [1.165, 1.54) is 4.90 Å². The van der Waals surface area contributed by atoms with Crippen molar-refractivity contribution in [3.8, 4) is 0 Å². The van der Waals surface area contributed by atoms with Crippen LogP contribution in [-0.2, 0) is 14.8 Å². The Balaban J connectivity index is 2.34. The summed E-state index contributed by atoms with van der Waals surface area (Å²) in [7, 11) is -3.98. The molecule has 0 saturated carbocycles. The molecule has 1 aromatic rings. The maximum absolute atomic E-state index is 13.8. The van der Waals surface area contributed by atoms with E-state index in [-0.39, 0.29) is 0 Å². The van der Waals surface area contributed by atoms with Crippen LogP contribution in [0.15, 0.2) is 18.2 Å². The van der Waals surface area contributed by atoms with Gasteiger partial charge in [-0.25, -0.2) is 17.2 Å². The van der Waals surface area contributed by atoms with Crippen LogP contribution in [0.5, 0.6) is 0 Å². The molecule has 8 heteroatoms. The van der Waals surface area contributed by atoms with Gasteiger partial charge in [0.1, 0.15) is 12.2 Å². The summed E-state index contributed by atoms with van der Waals surface area (Å²) in [5, 5.41) is 0. The molecule has 0 N–H and O–H groups in total. The maximum Gasteiger partial charge on any atom is 0.243 e. The van der Waals surface area contributed by atoms with Gasteiger partial charge in [-0.15, -0.1) is 0 Å². The molecule has 21 heavy (non-hydrogen) atoms. The summed E-state index contributed by atoms with van der Waals surface area (Å²) in [6.07, 6.45) is 2.51. The van der Waals surface area contributed by atoms with Gasteiger partial charge in [-0.3, -0.25) is 9.10 Å². The lowest BCUT2D eigenvalue weighted by atomic mass is 10.3. The molecule has 1 saturated heterocycles. The molecule has 0 unspecified atom stereocenters. The van der Waals surface area contributed by atoms with E-state index in [1.54, 1.807) is 0 Å². The van der Waals surface area contributed by atoms with Crippen LogP contribution in [0.2, 0.25) is 0 Å². The lowest BCUT2D eigenvalue weighted by Gasteiger charge is -2.25. The third-order valence-corrected chi connectivity index (χ3v) is 4.44. The number of hydrogen-bond donors (Lipinski definition) is 0. The van der Waals surface area contributed by atoms with E-state index in [9.17, 15) is 22.0 Å². The quantitative estimate of drug-likeness (QED) is 0.842. The molecule has 1 aliphatic heterocycles. The van der Waals surface area contributed by atoms with Crippen molar-refractivity contribution in [3.63, 3.8) is 0 Å². The zero-order valence-corrected chi connectivity index (χ0v) is 12.4. The van der Waals surface area contributed by atoms with Crippen molar-refractivity contribution >= 4 is 21.6 Å². The smallest absolute Gasteiger partial charge is 0.243 e. The van der Waals surface area contributed by atoms with Crippen molar-refractivity contribution in [3.05, 3.63) is 29.8 Å². The second-order valence-corrected chi connectivity index (χ2v) is 6.83. The standard InChI is InChI=1S/C13H16F2N2O3S/c1-21(19,20)17(9-12(18)16-7-2-3-8-16)13-10(14)5-4-6-11(13)15/h4-6H,2-3,7-9H2,1H3. The Morgan fingerprint density at radius 3 is 2.24 bits per heavy atom. The number of benzene rings is 1. The van der Waals surface area contributed by atoms with Crippen molar-refractivity contribution in [1.29, 1.82) is 0 Å². The van der Waals surface area contributed by atoms with Gasteiger partial charge in [0.25, 0.3) is 0 Å². The predicted octanol–water partition coefficient (Wildman–Crippen LogP) is 1.35. The molecule has 1 aliphatic rings. The third kappa shape index (κ3) is 3.49. The van der Waals surface area contributed by atoms with E-state index in [2.05, 4.69) is 0 Å². The van der Waals surface area contributed by atoms with E-state index in [0.29, 0.717) is 17.4 Å². The van der Waals surface area contributed by atoms with Crippen LogP contribution in [0.4, 0.5) is 14.5 Å². The van der Waals surface area contributed by atoms with E-state index in [4.69, 9.17) is 0 Å². The number of nitrogens with zero attached hydrogens (tertiary/aromatic N) is 2. The number of likely N-dealkylation sites (tertiary alicyclic amines) is 1. The van der Waals surface area contributed by atoms with Crippen LogP contribution in [-0.4, -0.2) is 45.1 Å². The van der Waals surface area contributed by atoms with Gasteiger partial charge >= 0.3 is 0 Å². The van der Waals surface area contributed by atoms with Gasteiger partial charge in [0, 0.05) is 13.1 Å². The monoisotopic (exact) mass is 318 g/mol. The number of sulfonamides is 1. The van der Waals surface area contributed by atoms with Crippen molar-refractivity contribution in [2.75, 3.05) is 30.2 Å². The summed E-state index contributed by atoms with van der Waals surface area (Å²) in [6, 6.07) is 3.05. The SMILES string of the molecule is CS(=O)(=O)N(CC(=O)N1CCCC1)c1c(F)cccc1F. The van der Waals surface area contributed by atoms with E-state index in [0.717, 1.165) is 37.3 Å². The Bertz CT molecular complexity index is 623. The number of hydrogen-bond acceptors (Lipinski definition) is 3. The molecule has 0 aliphatic carbocycles. The van der Waals surface area contributed by atoms with Crippen LogP contribution in [0, 0.1) is 11.6 Å². The van der Waals surface area contributed by atoms with E-state index >= 15 is 0 Å². The first-order valence-electron chi connectivity index (χ1n) is 6.50. The number of rotatable bonds is 4. The minimum atomic E-state index is -3.98. The topological polar surface area (TPSA) is 57.7 Å². The number of carbonyl (C=O) groups is 1. The fraction of sp³-hybridized carbons (Fsp3) is 0.462. The Morgan fingerprint density at radius 2 is 1.76 bits per heavy atom. The Labute approximate surface area is 122 Å². The molecule has 0 spiro atoms. The summed E-state index contributed by atoms with van der Waals surface area (Å²) < 4.78 is 51.7. The normalized spacial score (nSPS) is 15.3. The molecule has 0 bridgehead atoms. The lowest BCUT2D eigenvalue weighted by molar-refractivity contribution is -0.128. The number of carbonyl (C=O) groups excluding carboxylic acids is 1. The highest BCUT2D eigenvalue weighted by Crippen LogP contribution is 2.25. The number of halogens is 2. The maximum atomic E-state index is 13.8. The van der Waals surface area contributed by atoms with Crippen molar-refractivity contribution in [2.24, 2.45) is 0 Å². The summed E-state index contributed by atoms with van der Waals surface area (Å²) in [5.74, 6) is -2.50. The molecule has 5 nitrogen and oxygen atoms in total. The minimum absolute atomic E-state index is 0.458. The first kappa shape index (κ1) is 15.7. The third-order valence-electron chi connectivity index (χ3n) is 3.32. The van der Waals surface area contributed by atoms with Gasteiger partial charge in [0.2, 0.25) is 15.9 Å². The van der Waals surface area contributed by atoms with Gasteiger partial charge in [0.05, 0.1) is 6.26 Å². The van der Waals surface area contributed by atoms with Crippen molar-refractivity contribution in [2.45, 2.75) is 12.8 Å². The summed E-state index contributed by atoms with van der Waals surface area (Å²) in [4.78, 5) is 13.6. The first-order chi connectivity index (χ1) is 9.80. The van der Waals surface area contributed by atoms with Gasteiger partial charge in [-0.1, -0.05) is 6.07 Å². The molecular weight excluding hydrogens is 302 g/mol. The van der Waals surface area contributed by atoms with Crippen LogP contribution in [0.3, 0.4) is 0 Å². The van der Waals surface area contributed by atoms with Crippen LogP contribution < -0.4 is 4.31 Å². The largest absolute Gasteiger partial charge is 0.341 e. The molecule has 2 rings (SSSR count). The second kappa shape index (κ2) is 5.97. The number of amides is 1. The minimum Gasteiger partial charge on any atom is -0.341 e. The molecule has 0 aromatic heterocycles. The number of para-hydroxylation sites is 1. The van der Waals surface area contributed by atoms with Gasteiger partial charge in [0.15, 0.2) is 11.6 Å². The van der Waals surface area contributed by atoms with Gasteiger partial charge in [-0.2, -0.15) is 0 Å². The molecule has 1 heterocycles. The van der Waals surface area contributed by atoms with Gasteiger partial charge < -0.3 is 4.90 Å². The average Bonchev–Trinajstić information content (AvgIpc) is 2.89. The van der Waals surface area contributed by atoms with Crippen LogP contribution in [0.25, 0.3) is 0 Å². The molecule has 116 valence electrons. The molecule has 0 atom stereocenters. The summed E-state index contributed by atoms with van der Waals surface area (Å²) >= 11 is 0. The predicted molar refractivity (Wildman–Crippen MR) is 74.4 cm³/mol. The molecule has 1 fully saturated rings. The average molecular weight is 318 g/mol. The highest BCUT2D eigenvalue weighted by atomic mass is 32.2. The molecule has 1 amide bonds. The molecule has 0 radical (unpaired) electrons. The second-order valence-electron chi connectivity index (χ2n) is 4.93. The zero-order chi connectivity index (χ0) is 15.6. The van der Waals surface area contributed by atoms with Crippen LogP contribution in [0.1, 0.15) is 12.8 Å². The fourth-order valence-corrected chi connectivity index (χ4v) is 3.13. The number of anilines is 1. The molecule has 1 aromatic carbocycles. The van der Waals surface area contributed by atoms with Gasteiger partial charge in [-0.05, 0) is 25.0 Å². The Hall–Kier alpha value is -1.70. The highest BCUT2D eigenvalue weighted by molar-refractivity contribution is 7.92. The Kier molecular flexibility index (Phi) is 4.46. The zero-order valence-electron chi connectivity index (χ0n) is 11.6. The van der Waals surface area contributed by atoms with Crippen molar-refractivity contribution in [1.82, 2.24) is 4.90 Å².